The van der Waals surface area contributed by atoms with E-state index in [4.69, 9.17) is 9.47 Å². The molecule has 0 unspecified atom stereocenters. The maximum atomic E-state index is 13.3. The van der Waals surface area contributed by atoms with Crippen LogP contribution in [-0.4, -0.2) is 23.7 Å². The van der Waals surface area contributed by atoms with Crippen molar-refractivity contribution < 1.29 is 14.3 Å². The highest BCUT2D eigenvalue weighted by Gasteiger charge is 2.39. The molecule has 1 aliphatic rings. The van der Waals surface area contributed by atoms with E-state index in [1.807, 2.05) is 62.4 Å². The number of ether oxygens (including phenoxy) is 2. The molecular formula is C23H24N2O4S. The van der Waals surface area contributed by atoms with Crippen LogP contribution in [-0.2, 0) is 11.8 Å². The molecule has 0 saturated carbocycles. The van der Waals surface area contributed by atoms with Gasteiger partial charge in [0.1, 0.15) is 5.82 Å². The van der Waals surface area contributed by atoms with Gasteiger partial charge in [-0.1, -0.05) is 41.7 Å². The summed E-state index contributed by atoms with van der Waals surface area (Å²) in [5.41, 5.74) is 1.60. The highest BCUT2D eigenvalue weighted by Crippen LogP contribution is 2.48. The van der Waals surface area contributed by atoms with E-state index in [9.17, 15) is 9.59 Å². The summed E-state index contributed by atoms with van der Waals surface area (Å²) in [5, 5.41) is 0. The first kappa shape index (κ1) is 20.2. The Balaban J connectivity index is 1.91. The van der Waals surface area contributed by atoms with Gasteiger partial charge in [0.05, 0.1) is 23.8 Å². The van der Waals surface area contributed by atoms with Crippen molar-refractivity contribution >= 4 is 28.7 Å². The summed E-state index contributed by atoms with van der Waals surface area (Å²) in [6, 6.07) is 15.1. The topological polar surface area (TPSA) is 60.8 Å². The van der Waals surface area contributed by atoms with Crippen molar-refractivity contribution in [3.05, 3.63) is 68.6 Å². The molecule has 1 aliphatic heterocycles. The number of amides is 1. The zero-order valence-electron chi connectivity index (χ0n) is 17.4. The van der Waals surface area contributed by atoms with Crippen molar-refractivity contribution in [3.8, 4) is 11.5 Å². The van der Waals surface area contributed by atoms with Gasteiger partial charge in [-0.3, -0.25) is 19.1 Å². The number of thiazole rings is 1. The second-order valence-electron chi connectivity index (χ2n) is 7.48. The summed E-state index contributed by atoms with van der Waals surface area (Å²) in [7, 11) is 3.31. The van der Waals surface area contributed by atoms with Gasteiger partial charge >= 0.3 is 4.87 Å². The molecule has 30 heavy (non-hydrogen) atoms. The molecule has 0 saturated heterocycles. The van der Waals surface area contributed by atoms with Crippen LogP contribution < -0.4 is 19.2 Å². The van der Waals surface area contributed by atoms with Gasteiger partial charge in [0.25, 0.3) is 0 Å². The third kappa shape index (κ3) is 3.39. The van der Waals surface area contributed by atoms with E-state index in [1.54, 1.807) is 23.6 Å². The maximum Gasteiger partial charge on any atom is 0.308 e. The number of carbonyl (C=O) groups excluding carboxylic acids is 1. The molecule has 4 rings (SSSR count). The minimum Gasteiger partial charge on any atom is -0.493 e. The standard InChI is InChI=1S/C23H24N2O4S/c1-14(2)29-20-16(11-8-12-18(20)28-4)17-13-19(26)25(15-9-6-5-7-10-15)22-21(17)30-23(27)24(22)3/h5-12,14,17H,13H2,1-4H3/t17-/m0/s1. The summed E-state index contributed by atoms with van der Waals surface area (Å²) < 4.78 is 13.2. The maximum absolute atomic E-state index is 13.3. The van der Waals surface area contributed by atoms with Crippen LogP contribution in [0.15, 0.2) is 53.3 Å². The fourth-order valence-electron chi connectivity index (χ4n) is 3.85. The number of fused-ring (bicyclic) bond motifs is 1. The van der Waals surface area contributed by atoms with Gasteiger partial charge in [0.15, 0.2) is 11.5 Å². The minimum absolute atomic E-state index is 0.0610. The van der Waals surface area contributed by atoms with Gasteiger partial charge in [0, 0.05) is 24.9 Å². The van der Waals surface area contributed by atoms with Crippen molar-refractivity contribution in [2.45, 2.75) is 32.3 Å². The van der Waals surface area contributed by atoms with E-state index in [1.165, 1.54) is 11.3 Å². The molecular weight excluding hydrogens is 400 g/mol. The first-order chi connectivity index (χ1) is 14.4. The van der Waals surface area contributed by atoms with Crippen LogP contribution >= 0.6 is 11.3 Å². The Kier molecular flexibility index (Phi) is 5.39. The van der Waals surface area contributed by atoms with Crippen molar-refractivity contribution in [2.24, 2.45) is 7.05 Å². The van der Waals surface area contributed by atoms with Gasteiger partial charge in [-0.2, -0.15) is 0 Å². The zero-order chi connectivity index (χ0) is 21.4. The third-order valence-corrected chi connectivity index (χ3v) is 6.27. The lowest BCUT2D eigenvalue weighted by Crippen LogP contribution is -2.34. The third-order valence-electron chi connectivity index (χ3n) is 5.14. The summed E-state index contributed by atoms with van der Waals surface area (Å²) in [4.78, 5) is 28.4. The summed E-state index contributed by atoms with van der Waals surface area (Å²) in [5.74, 6) is 1.51. The number of benzene rings is 2. The lowest BCUT2D eigenvalue weighted by Gasteiger charge is -2.33. The number of anilines is 2. The number of aromatic nitrogens is 1. The average molecular weight is 425 g/mol. The Morgan fingerprint density at radius 2 is 1.80 bits per heavy atom. The summed E-state index contributed by atoms with van der Waals surface area (Å²) in [6.07, 6.45) is 0.179. The second kappa shape index (κ2) is 7.99. The molecule has 1 amide bonds. The Bertz CT molecular complexity index is 1130. The first-order valence-electron chi connectivity index (χ1n) is 9.83. The van der Waals surface area contributed by atoms with Crippen molar-refractivity contribution in [1.82, 2.24) is 4.57 Å². The number of carbonyl (C=O) groups is 1. The molecule has 0 radical (unpaired) electrons. The molecule has 3 aromatic rings. The minimum atomic E-state index is -0.282. The van der Waals surface area contributed by atoms with Gasteiger partial charge < -0.3 is 9.47 Å². The molecule has 7 heteroatoms. The number of hydrogen-bond acceptors (Lipinski definition) is 5. The predicted octanol–water partition coefficient (Wildman–Crippen LogP) is 4.44. The lowest BCUT2D eigenvalue weighted by atomic mass is 9.89. The largest absolute Gasteiger partial charge is 0.493 e. The molecule has 6 nitrogen and oxygen atoms in total. The van der Waals surface area contributed by atoms with Gasteiger partial charge in [-0.15, -0.1) is 0 Å². The average Bonchev–Trinajstić information content (AvgIpc) is 3.02. The van der Waals surface area contributed by atoms with Crippen LogP contribution in [0.4, 0.5) is 11.5 Å². The zero-order valence-corrected chi connectivity index (χ0v) is 18.2. The van der Waals surface area contributed by atoms with E-state index in [0.717, 1.165) is 16.1 Å². The van der Waals surface area contributed by atoms with Crippen LogP contribution in [0.25, 0.3) is 0 Å². The van der Waals surface area contributed by atoms with Gasteiger partial charge in [-0.05, 0) is 32.0 Å². The molecule has 156 valence electrons. The number of hydrogen-bond donors (Lipinski definition) is 0. The van der Waals surface area contributed by atoms with Crippen molar-refractivity contribution in [2.75, 3.05) is 12.0 Å². The predicted molar refractivity (Wildman–Crippen MR) is 118 cm³/mol. The fraction of sp³-hybridized carbons (Fsp3) is 0.304. The van der Waals surface area contributed by atoms with Crippen LogP contribution in [0.3, 0.4) is 0 Å². The molecule has 0 spiro atoms. The Morgan fingerprint density at radius 3 is 2.47 bits per heavy atom. The number of nitrogens with zero attached hydrogens (tertiary/aromatic N) is 2. The van der Waals surface area contributed by atoms with Crippen molar-refractivity contribution in [3.63, 3.8) is 0 Å². The van der Waals surface area contributed by atoms with E-state index >= 15 is 0 Å². The van der Waals surface area contributed by atoms with Gasteiger partial charge in [-0.25, -0.2) is 0 Å². The van der Waals surface area contributed by atoms with E-state index < -0.39 is 0 Å². The van der Waals surface area contributed by atoms with Crippen LogP contribution in [0.1, 0.15) is 36.6 Å². The lowest BCUT2D eigenvalue weighted by molar-refractivity contribution is -0.118. The highest BCUT2D eigenvalue weighted by atomic mass is 32.1. The molecule has 0 aliphatic carbocycles. The van der Waals surface area contributed by atoms with Crippen LogP contribution in [0.2, 0.25) is 0 Å². The smallest absolute Gasteiger partial charge is 0.308 e. The van der Waals surface area contributed by atoms with Crippen LogP contribution in [0, 0.1) is 0 Å². The number of methoxy groups -OCH3 is 1. The Morgan fingerprint density at radius 1 is 1.07 bits per heavy atom. The highest BCUT2D eigenvalue weighted by molar-refractivity contribution is 7.10. The molecule has 0 N–H and O–H groups in total. The molecule has 2 heterocycles. The Hall–Kier alpha value is -3.06. The fourth-order valence-corrected chi connectivity index (χ4v) is 4.93. The number of rotatable bonds is 5. The van der Waals surface area contributed by atoms with Gasteiger partial charge in [0.2, 0.25) is 5.91 Å². The molecule has 0 fully saturated rings. The molecule has 0 bridgehead atoms. The number of para-hydroxylation sites is 2. The Labute approximate surface area is 179 Å². The van der Waals surface area contributed by atoms with Crippen LogP contribution in [0.5, 0.6) is 11.5 Å². The van der Waals surface area contributed by atoms with E-state index in [-0.39, 0.29) is 29.2 Å². The molecule has 1 aromatic heterocycles. The quantitative estimate of drug-likeness (QED) is 0.607. The summed E-state index contributed by atoms with van der Waals surface area (Å²) >= 11 is 1.18. The monoisotopic (exact) mass is 424 g/mol. The molecule has 2 aromatic carbocycles. The molecule has 1 atom stereocenters. The van der Waals surface area contributed by atoms with Crippen molar-refractivity contribution in [1.29, 1.82) is 0 Å². The first-order valence-corrected chi connectivity index (χ1v) is 10.6. The SMILES string of the molecule is COc1cccc([C@@H]2CC(=O)N(c3ccccc3)c3c2sc(=O)n3C)c1OC(C)C. The second-order valence-corrected chi connectivity index (χ2v) is 8.47. The summed E-state index contributed by atoms with van der Waals surface area (Å²) in [6.45, 7) is 3.90. The van der Waals surface area contributed by atoms with E-state index in [0.29, 0.717) is 17.3 Å². The van der Waals surface area contributed by atoms with E-state index in [2.05, 4.69) is 0 Å². The normalized spacial score (nSPS) is 16.0.